The Bertz CT molecular complexity index is 296. The van der Waals surface area contributed by atoms with E-state index in [-0.39, 0.29) is 0 Å². The van der Waals surface area contributed by atoms with Crippen LogP contribution in [0.5, 0.6) is 0 Å². The molecule has 3 nitrogen and oxygen atoms in total. The van der Waals surface area contributed by atoms with Gasteiger partial charge in [-0.3, -0.25) is 4.90 Å². The minimum atomic E-state index is 0.587. The van der Waals surface area contributed by atoms with Crippen LogP contribution in [0.15, 0.2) is 5.38 Å². The van der Waals surface area contributed by atoms with Crippen LogP contribution in [0.2, 0.25) is 0 Å². The van der Waals surface area contributed by atoms with Crippen molar-refractivity contribution in [2.45, 2.75) is 46.8 Å². The molecule has 0 fully saturated rings. The fourth-order valence-corrected chi connectivity index (χ4v) is 2.36. The van der Waals surface area contributed by atoms with Gasteiger partial charge in [0, 0.05) is 24.5 Å². The van der Waals surface area contributed by atoms with Gasteiger partial charge in [0.1, 0.15) is 5.01 Å². The van der Waals surface area contributed by atoms with Crippen LogP contribution in [0.25, 0.3) is 0 Å². The molecule has 0 saturated heterocycles. The van der Waals surface area contributed by atoms with Crippen molar-refractivity contribution in [3.05, 3.63) is 16.1 Å². The molecular formula is C12H23N3S. The highest BCUT2D eigenvalue weighted by Gasteiger charge is 2.09. The maximum absolute atomic E-state index is 4.63. The van der Waals surface area contributed by atoms with E-state index in [1.165, 1.54) is 10.7 Å². The SMILES string of the molecule is CCNCc1nc(CN(CC)C(C)C)cs1. The van der Waals surface area contributed by atoms with Gasteiger partial charge in [-0.1, -0.05) is 13.8 Å². The van der Waals surface area contributed by atoms with Gasteiger partial charge in [-0.15, -0.1) is 11.3 Å². The van der Waals surface area contributed by atoms with Crippen LogP contribution < -0.4 is 5.32 Å². The van der Waals surface area contributed by atoms with Gasteiger partial charge in [-0.2, -0.15) is 0 Å². The molecule has 1 aromatic heterocycles. The van der Waals surface area contributed by atoms with Crippen molar-refractivity contribution in [1.29, 1.82) is 0 Å². The normalized spacial score (nSPS) is 11.6. The van der Waals surface area contributed by atoms with Gasteiger partial charge in [0.25, 0.3) is 0 Å². The van der Waals surface area contributed by atoms with Crippen LogP contribution in [0.4, 0.5) is 0 Å². The Balaban J connectivity index is 2.50. The Kier molecular flexibility index (Phi) is 5.95. The number of aromatic nitrogens is 1. The molecule has 0 aliphatic rings. The molecule has 4 heteroatoms. The second-order valence-corrected chi connectivity index (χ2v) is 5.11. The van der Waals surface area contributed by atoms with E-state index < -0.39 is 0 Å². The quantitative estimate of drug-likeness (QED) is 0.795. The summed E-state index contributed by atoms with van der Waals surface area (Å²) in [4.78, 5) is 7.05. The second-order valence-electron chi connectivity index (χ2n) is 4.17. The van der Waals surface area contributed by atoms with Crippen molar-refractivity contribution >= 4 is 11.3 Å². The zero-order valence-electron chi connectivity index (χ0n) is 10.8. The molecule has 0 spiro atoms. The molecule has 0 saturated carbocycles. The van der Waals surface area contributed by atoms with Crippen molar-refractivity contribution in [1.82, 2.24) is 15.2 Å². The van der Waals surface area contributed by atoms with E-state index in [1.807, 2.05) is 0 Å². The Morgan fingerprint density at radius 3 is 2.75 bits per heavy atom. The van der Waals surface area contributed by atoms with E-state index in [2.05, 4.69) is 48.3 Å². The minimum absolute atomic E-state index is 0.587. The molecule has 16 heavy (non-hydrogen) atoms. The molecule has 0 aliphatic carbocycles. The van der Waals surface area contributed by atoms with Gasteiger partial charge >= 0.3 is 0 Å². The molecule has 0 amide bonds. The van der Waals surface area contributed by atoms with Crippen molar-refractivity contribution in [2.75, 3.05) is 13.1 Å². The highest BCUT2D eigenvalue weighted by molar-refractivity contribution is 7.09. The topological polar surface area (TPSA) is 28.2 Å². The average molecular weight is 241 g/mol. The summed E-state index contributed by atoms with van der Waals surface area (Å²) in [6.45, 7) is 12.7. The van der Waals surface area contributed by atoms with Crippen molar-refractivity contribution < 1.29 is 0 Å². The number of rotatable bonds is 7. The molecule has 0 atom stereocenters. The van der Waals surface area contributed by atoms with Gasteiger partial charge in [-0.25, -0.2) is 4.98 Å². The third-order valence-corrected chi connectivity index (χ3v) is 3.52. The third-order valence-electron chi connectivity index (χ3n) is 2.63. The smallest absolute Gasteiger partial charge is 0.107 e. The highest BCUT2D eigenvalue weighted by Crippen LogP contribution is 2.13. The maximum atomic E-state index is 4.63. The monoisotopic (exact) mass is 241 g/mol. The lowest BCUT2D eigenvalue weighted by atomic mass is 10.3. The Morgan fingerprint density at radius 2 is 2.19 bits per heavy atom. The van der Waals surface area contributed by atoms with Gasteiger partial charge in [0.2, 0.25) is 0 Å². The predicted molar refractivity (Wildman–Crippen MR) is 70.7 cm³/mol. The van der Waals surface area contributed by atoms with Crippen LogP contribution in [0.1, 0.15) is 38.4 Å². The molecule has 0 unspecified atom stereocenters. The van der Waals surface area contributed by atoms with Crippen LogP contribution in [0.3, 0.4) is 0 Å². The summed E-state index contributed by atoms with van der Waals surface area (Å²) in [6, 6.07) is 0.587. The first kappa shape index (κ1) is 13.6. The fraction of sp³-hybridized carbons (Fsp3) is 0.750. The summed E-state index contributed by atoms with van der Waals surface area (Å²) < 4.78 is 0. The molecule has 0 aromatic carbocycles. The van der Waals surface area contributed by atoms with Crippen LogP contribution >= 0.6 is 11.3 Å². The molecule has 1 heterocycles. The van der Waals surface area contributed by atoms with E-state index in [0.717, 1.165) is 26.2 Å². The summed E-state index contributed by atoms with van der Waals surface area (Å²) in [5, 5.41) is 6.67. The Morgan fingerprint density at radius 1 is 1.44 bits per heavy atom. The Hall–Kier alpha value is -0.450. The lowest BCUT2D eigenvalue weighted by Gasteiger charge is -2.23. The molecular weight excluding hydrogens is 218 g/mol. The summed E-state index contributed by atoms with van der Waals surface area (Å²) >= 11 is 1.75. The number of thiazole rings is 1. The lowest BCUT2D eigenvalue weighted by molar-refractivity contribution is 0.222. The number of hydrogen-bond donors (Lipinski definition) is 1. The van der Waals surface area contributed by atoms with Gasteiger partial charge < -0.3 is 5.32 Å². The van der Waals surface area contributed by atoms with Crippen LogP contribution in [-0.2, 0) is 13.1 Å². The summed E-state index contributed by atoms with van der Waals surface area (Å²) in [7, 11) is 0. The Labute approximate surface area is 103 Å². The molecule has 0 aliphatic heterocycles. The van der Waals surface area contributed by atoms with Gasteiger partial charge in [-0.05, 0) is 26.9 Å². The predicted octanol–water partition coefficient (Wildman–Crippen LogP) is 2.48. The molecule has 1 rings (SSSR count). The van der Waals surface area contributed by atoms with E-state index in [9.17, 15) is 0 Å². The first-order valence-electron chi connectivity index (χ1n) is 6.05. The molecule has 1 aromatic rings. The average Bonchev–Trinajstić information content (AvgIpc) is 2.70. The van der Waals surface area contributed by atoms with E-state index in [1.54, 1.807) is 11.3 Å². The van der Waals surface area contributed by atoms with Crippen molar-refractivity contribution in [3.8, 4) is 0 Å². The van der Waals surface area contributed by atoms with E-state index >= 15 is 0 Å². The van der Waals surface area contributed by atoms with Crippen LogP contribution in [-0.4, -0.2) is 29.0 Å². The largest absolute Gasteiger partial charge is 0.311 e. The van der Waals surface area contributed by atoms with Crippen LogP contribution in [0, 0.1) is 0 Å². The standard InChI is InChI=1S/C12H23N3S/c1-5-13-7-12-14-11(9-16-12)8-15(6-2)10(3)4/h9-10,13H,5-8H2,1-4H3. The molecule has 1 N–H and O–H groups in total. The summed E-state index contributed by atoms with van der Waals surface area (Å²) in [6.07, 6.45) is 0. The summed E-state index contributed by atoms with van der Waals surface area (Å²) in [5.41, 5.74) is 1.20. The van der Waals surface area contributed by atoms with Crippen molar-refractivity contribution in [2.24, 2.45) is 0 Å². The first-order chi connectivity index (χ1) is 7.67. The summed E-state index contributed by atoms with van der Waals surface area (Å²) in [5.74, 6) is 0. The number of hydrogen-bond acceptors (Lipinski definition) is 4. The zero-order chi connectivity index (χ0) is 12.0. The lowest BCUT2D eigenvalue weighted by Crippen LogP contribution is -2.30. The number of nitrogens with zero attached hydrogens (tertiary/aromatic N) is 2. The van der Waals surface area contributed by atoms with E-state index in [4.69, 9.17) is 0 Å². The zero-order valence-corrected chi connectivity index (χ0v) is 11.6. The van der Waals surface area contributed by atoms with Gasteiger partial charge in [0.15, 0.2) is 0 Å². The third kappa shape index (κ3) is 4.20. The molecule has 92 valence electrons. The highest BCUT2D eigenvalue weighted by atomic mass is 32.1. The molecule has 0 radical (unpaired) electrons. The maximum Gasteiger partial charge on any atom is 0.107 e. The first-order valence-corrected chi connectivity index (χ1v) is 6.93. The minimum Gasteiger partial charge on any atom is -0.311 e. The second kappa shape index (κ2) is 6.99. The van der Waals surface area contributed by atoms with Gasteiger partial charge in [0.05, 0.1) is 5.69 Å². The number of nitrogens with one attached hydrogen (secondary N) is 1. The molecule has 0 bridgehead atoms. The van der Waals surface area contributed by atoms with Crippen molar-refractivity contribution in [3.63, 3.8) is 0 Å². The fourth-order valence-electron chi connectivity index (χ4n) is 1.60. The van der Waals surface area contributed by atoms with E-state index in [0.29, 0.717) is 6.04 Å².